The van der Waals surface area contributed by atoms with Crippen molar-refractivity contribution in [2.45, 2.75) is 26.2 Å². The average molecular weight is 339 g/mol. The monoisotopic (exact) mass is 339 g/mol. The number of aromatic nitrogens is 2. The first kappa shape index (κ1) is 15.9. The minimum atomic E-state index is -0.695. The Kier molecular flexibility index (Phi) is 3.63. The zero-order valence-electron chi connectivity index (χ0n) is 14.2. The molecule has 4 rings (SSSR count). The highest BCUT2D eigenvalue weighted by atomic mass is 16.4. The lowest BCUT2D eigenvalue weighted by molar-refractivity contribution is -0.139. The predicted molar refractivity (Wildman–Crippen MR) is 91.6 cm³/mol. The van der Waals surface area contributed by atoms with Crippen molar-refractivity contribution in [1.82, 2.24) is 14.7 Å². The van der Waals surface area contributed by atoms with E-state index in [4.69, 9.17) is 0 Å². The summed E-state index contributed by atoms with van der Waals surface area (Å²) in [5.41, 5.74) is 2.31. The first-order valence-electron chi connectivity index (χ1n) is 8.64. The summed E-state index contributed by atoms with van der Waals surface area (Å²) < 4.78 is 1.78. The quantitative estimate of drug-likeness (QED) is 0.932. The molecule has 1 N–H and O–H groups in total. The molecule has 2 aromatic rings. The number of aliphatic carboxylic acids is 1. The highest BCUT2D eigenvalue weighted by molar-refractivity contribution is 5.95. The molecule has 1 aliphatic carbocycles. The van der Waals surface area contributed by atoms with E-state index in [1.165, 1.54) is 0 Å². The van der Waals surface area contributed by atoms with Crippen LogP contribution in [0.25, 0.3) is 5.69 Å². The number of benzene rings is 1. The van der Waals surface area contributed by atoms with E-state index < -0.39 is 5.97 Å². The van der Waals surface area contributed by atoms with E-state index in [-0.39, 0.29) is 17.2 Å². The number of para-hydroxylation sites is 1. The minimum Gasteiger partial charge on any atom is -0.481 e. The van der Waals surface area contributed by atoms with Gasteiger partial charge in [-0.25, -0.2) is 4.68 Å². The van der Waals surface area contributed by atoms with Crippen LogP contribution in [0.5, 0.6) is 0 Å². The molecule has 2 aliphatic rings. The molecular weight excluding hydrogens is 318 g/mol. The van der Waals surface area contributed by atoms with Crippen molar-refractivity contribution in [3.63, 3.8) is 0 Å². The van der Waals surface area contributed by atoms with Crippen LogP contribution in [-0.2, 0) is 4.79 Å². The van der Waals surface area contributed by atoms with Gasteiger partial charge in [0.1, 0.15) is 0 Å². The zero-order chi connectivity index (χ0) is 17.6. The SMILES string of the molecule is Cc1c(C(=O)N2CCC3(CC2)CC3C(=O)O)cnn1-c1ccccc1. The summed E-state index contributed by atoms with van der Waals surface area (Å²) in [5.74, 6) is -0.922. The van der Waals surface area contributed by atoms with Gasteiger partial charge in [0.2, 0.25) is 0 Å². The van der Waals surface area contributed by atoms with Crippen LogP contribution in [0.4, 0.5) is 0 Å². The van der Waals surface area contributed by atoms with Crippen LogP contribution in [0.1, 0.15) is 35.3 Å². The molecule has 1 spiro atoms. The number of carboxylic acids is 1. The number of amides is 1. The molecule has 1 unspecified atom stereocenters. The maximum atomic E-state index is 12.9. The molecule has 1 aromatic carbocycles. The van der Waals surface area contributed by atoms with Crippen molar-refractivity contribution in [3.05, 3.63) is 47.8 Å². The molecule has 6 heteroatoms. The van der Waals surface area contributed by atoms with Crippen molar-refractivity contribution in [2.24, 2.45) is 11.3 Å². The molecule has 0 radical (unpaired) electrons. The van der Waals surface area contributed by atoms with E-state index in [0.717, 1.165) is 30.6 Å². The van der Waals surface area contributed by atoms with Gasteiger partial charge in [0.05, 0.1) is 29.1 Å². The summed E-state index contributed by atoms with van der Waals surface area (Å²) in [5, 5.41) is 13.5. The number of hydrogen-bond acceptors (Lipinski definition) is 3. The van der Waals surface area contributed by atoms with E-state index in [9.17, 15) is 14.7 Å². The second-order valence-electron chi connectivity index (χ2n) is 7.14. The van der Waals surface area contributed by atoms with Gasteiger partial charge in [-0.2, -0.15) is 5.10 Å². The molecule has 1 saturated heterocycles. The number of hydrogen-bond donors (Lipinski definition) is 1. The van der Waals surface area contributed by atoms with Gasteiger partial charge >= 0.3 is 5.97 Å². The van der Waals surface area contributed by atoms with Crippen LogP contribution in [0.15, 0.2) is 36.5 Å². The molecule has 0 bridgehead atoms. The molecule has 2 heterocycles. The van der Waals surface area contributed by atoms with Crippen LogP contribution < -0.4 is 0 Å². The third-order valence-corrected chi connectivity index (χ3v) is 5.78. The van der Waals surface area contributed by atoms with Crippen LogP contribution in [0.2, 0.25) is 0 Å². The lowest BCUT2D eigenvalue weighted by Gasteiger charge is -2.32. The largest absolute Gasteiger partial charge is 0.481 e. The van der Waals surface area contributed by atoms with E-state index in [0.29, 0.717) is 18.7 Å². The smallest absolute Gasteiger partial charge is 0.307 e. The minimum absolute atomic E-state index is 0.0120. The van der Waals surface area contributed by atoms with Gasteiger partial charge in [-0.15, -0.1) is 0 Å². The standard InChI is InChI=1S/C19H21N3O3/c1-13-15(12-20-22(13)14-5-3-2-4-6-14)17(23)21-9-7-19(8-10-21)11-16(19)18(24)25/h2-6,12,16H,7-11H2,1H3,(H,24,25). The molecule has 130 valence electrons. The van der Waals surface area contributed by atoms with Crippen molar-refractivity contribution >= 4 is 11.9 Å². The van der Waals surface area contributed by atoms with E-state index >= 15 is 0 Å². The van der Waals surface area contributed by atoms with Gasteiger partial charge in [0.25, 0.3) is 5.91 Å². The first-order valence-corrected chi connectivity index (χ1v) is 8.64. The number of carbonyl (C=O) groups is 2. The number of nitrogens with zero attached hydrogens (tertiary/aromatic N) is 3. The Morgan fingerprint density at radius 2 is 1.88 bits per heavy atom. The number of likely N-dealkylation sites (tertiary alicyclic amines) is 1. The van der Waals surface area contributed by atoms with Crippen LogP contribution in [-0.4, -0.2) is 44.8 Å². The third kappa shape index (κ3) is 2.62. The summed E-state index contributed by atoms with van der Waals surface area (Å²) in [6.07, 6.45) is 3.95. The number of carbonyl (C=O) groups excluding carboxylic acids is 1. The fourth-order valence-electron chi connectivity index (χ4n) is 4.02. The van der Waals surface area contributed by atoms with E-state index in [1.807, 2.05) is 42.2 Å². The topological polar surface area (TPSA) is 75.4 Å². The van der Waals surface area contributed by atoms with Gasteiger partial charge in [-0.1, -0.05) is 18.2 Å². The molecular formula is C19H21N3O3. The molecule has 1 saturated carbocycles. The highest BCUT2D eigenvalue weighted by Gasteiger charge is 2.59. The number of rotatable bonds is 3. The van der Waals surface area contributed by atoms with E-state index in [2.05, 4.69) is 5.10 Å². The molecule has 1 amide bonds. The molecule has 1 atom stereocenters. The Labute approximate surface area is 146 Å². The van der Waals surface area contributed by atoms with Gasteiger partial charge in [-0.05, 0) is 43.7 Å². The summed E-state index contributed by atoms with van der Waals surface area (Å²) >= 11 is 0. The Morgan fingerprint density at radius 3 is 2.48 bits per heavy atom. The van der Waals surface area contributed by atoms with Crippen molar-refractivity contribution < 1.29 is 14.7 Å². The Morgan fingerprint density at radius 1 is 1.20 bits per heavy atom. The molecule has 1 aliphatic heterocycles. The fraction of sp³-hybridized carbons (Fsp3) is 0.421. The van der Waals surface area contributed by atoms with Crippen LogP contribution >= 0.6 is 0 Å². The Balaban J connectivity index is 1.48. The van der Waals surface area contributed by atoms with Crippen molar-refractivity contribution in [2.75, 3.05) is 13.1 Å². The Bertz CT molecular complexity index is 820. The number of carboxylic acid groups (broad SMARTS) is 1. The summed E-state index contributed by atoms with van der Waals surface area (Å²) in [6, 6.07) is 9.74. The lowest BCUT2D eigenvalue weighted by atomic mass is 9.90. The average Bonchev–Trinajstić information content (AvgIpc) is 3.19. The second kappa shape index (κ2) is 5.72. The van der Waals surface area contributed by atoms with Gasteiger partial charge in [-0.3, -0.25) is 9.59 Å². The highest BCUT2D eigenvalue weighted by Crippen LogP contribution is 2.59. The normalized spacial score (nSPS) is 21.3. The third-order valence-electron chi connectivity index (χ3n) is 5.78. The summed E-state index contributed by atoms with van der Waals surface area (Å²) in [7, 11) is 0. The first-order chi connectivity index (χ1) is 12.0. The second-order valence-corrected chi connectivity index (χ2v) is 7.14. The van der Waals surface area contributed by atoms with Crippen LogP contribution in [0, 0.1) is 18.3 Å². The molecule has 25 heavy (non-hydrogen) atoms. The maximum Gasteiger partial charge on any atom is 0.307 e. The van der Waals surface area contributed by atoms with E-state index in [1.54, 1.807) is 10.9 Å². The maximum absolute atomic E-state index is 12.9. The van der Waals surface area contributed by atoms with Crippen molar-refractivity contribution in [1.29, 1.82) is 0 Å². The van der Waals surface area contributed by atoms with Gasteiger partial charge in [0.15, 0.2) is 0 Å². The summed E-state index contributed by atoms with van der Waals surface area (Å²) in [6.45, 7) is 3.15. The molecule has 6 nitrogen and oxygen atoms in total. The number of piperidine rings is 1. The van der Waals surface area contributed by atoms with Crippen molar-refractivity contribution in [3.8, 4) is 5.69 Å². The fourth-order valence-corrected chi connectivity index (χ4v) is 4.02. The van der Waals surface area contributed by atoms with Gasteiger partial charge < -0.3 is 10.0 Å². The van der Waals surface area contributed by atoms with Gasteiger partial charge in [0, 0.05) is 13.1 Å². The lowest BCUT2D eigenvalue weighted by Crippen LogP contribution is -2.40. The zero-order valence-corrected chi connectivity index (χ0v) is 14.2. The molecule has 2 fully saturated rings. The predicted octanol–water partition coefficient (Wildman–Crippen LogP) is 2.51. The molecule has 1 aromatic heterocycles. The van der Waals surface area contributed by atoms with Crippen LogP contribution in [0.3, 0.4) is 0 Å². The summed E-state index contributed by atoms with van der Waals surface area (Å²) in [4.78, 5) is 25.9. The Hall–Kier alpha value is -2.63.